The number of tetrazole rings is 1. The van der Waals surface area contributed by atoms with Gasteiger partial charge in [-0.15, -0.1) is 10.2 Å². The van der Waals surface area contributed by atoms with Crippen molar-refractivity contribution in [2.75, 3.05) is 0 Å². The molecular weight excluding hydrogens is 352 g/mol. The Bertz CT molecular complexity index is 968. The highest BCUT2D eigenvalue weighted by Crippen LogP contribution is 2.30. The fraction of sp³-hybridized carbons (Fsp3) is 0.350. The molecule has 0 aliphatic carbocycles. The molecule has 0 saturated heterocycles. The third-order valence-electron chi connectivity index (χ3n) is 4.91. The summed E-state index contributed by atoms with van der Waals surface area (Å²) in [6.07, 6.45) is 10.9. The fourth-order valence-electron chi connectivity index (χ4n) is 3.44. The van der Waals surface area contributed by atoms with E-state index in [4.69, 9.17) is 0 Å². The monoisotopic (exact) mass is 376 g/mol. The van der Waals surface area contributed by atoms with Gasteiger partial charge in [-0.05, 0) is 42.8 Å². The summed E-state index contributed by atoms with van der Waals surface area (Å²) in [4.78, 5) is 4.61. The maximum atomic E-state index is 4.61. The minimum Gasteiger partial charge on any atom is -0.372 e. The van der Waals surface area contributed by atoms with Crippen molar-refractivity contribution in [3.63, 3.8) is 0 Å². The summed E-state index contributed by atoms with van der Waals surface area (Å²) in [7, 11) is 0. The molecule has 0 fully saturated rings. The minimum absolute atomic E-state index is 0.579. The molecule has 2 N–H and O–H groups in total. The van der Waals surface area contributed by atoms with Crippen molar-refractivity contribution in [2.45, 2.75) is 45.2 Å². The van der Waals surface area contributed by atoms with Gasteiger partial charge in [0.25, 0.3) is 0 Å². The number of unbranched alkanes of at least 4 members (excludes halogenated alkanes) is 1. The van der Waals surface area contributed by atoms with Crippen molar-refractivity contribution >= 4 is 0 Å². The molecule has 28 heavy (non-hydrogen) atoms. The Morgan fingerprint density at radius 3 is 2.68 bits per heavy atom. The Kier molecular flexibility index (Phi) is 5.01. The third-order valence-corrected chi connectivity index (χ3v) is 4.91. The lowest BCUT2D eigenvalue weighted by atomic mass is 9.86. The number of allylic oxidation sites excluding steroid dienone is 2. The lowest BCUT2D eigenvalue weighted by molar-refractivity contribution is 0.529. The largest absolute Gasteiger partial charge is 0.372 e. The molecule has 3 heterocycles. The molecule has 1 unspecified atom stereocenters. The van der Waals surface area contributed by atoms with Crippen LogP contribution >= 0.6 is 0 Å². The van der Waals surface area contributed by atoms with E-state index in [0.29, 0.717) is 5.82 Å². The number of rotatable bonds is 7. The van der Waals surface area contributed by atoms with E-state index in [2.05, 4.69) is 67.2 Å². The molecule has 0 saturated carbocycles. The van der Waals surface area contributed by atoms with Gasteiger partial charge in [0.05, 0.1) is 0 Å². The quantitative estimate of drug-likeness (QED) is 0.657. The van der Waals surface area contributed by atoms with E-state index < -0.39 is 5.54 Å². The second-order valence-corrected chi connectivity index (χ2v) is 6.93. The topological polar surface area (TPSA) is 97.2 Å². The van der Waals surface area contributed by atoms with Gasteiger partial charge in [-0.25, -0.2) is 9.67 Å². The molecule has 144 valence electrons. The van der Waals surface area contributed by atoms with Gasteiger partial charge >= 0.3 is 0 Å². The van der Waals surface area contributed by atoms with Gasteiger partial charge < -0.3 is 5.32 Å². The van der Waals surface area contributed by atoms with Crippen molar-refractivity contribution in [3.8, 4) is 0 Å². The second kappa shape index (κ2) is 7.75. The summed E-state index contributed by atoms with van der Waals surface area (Å²) in [5.74, 6) is 2.41. The minimum atomic E-state index is -0.627. The smallest absolute Gasteiger partial charge is 0.208 e. The van der Waals surface area contributed by atoms with Crippen LogP contribution in [-0.4, -0.2) is 35.4 Å². The van der Waals surface area contributed by atoms with Crippen molar-refractivity contribution in [3.05, 3.63) is 77.3 Å². The molecule has 3 aromatic rings. The van der Waals surface area contributed by atoms with Gasteiger partial charge in [0.1, 0.15) is 17.2 Å². The van der Waals surface area contributed by atoms with E-state index >= 15 is 0 Å². The van der Waals surface area contributed by atoms with Crippen LogP contribution in [0.3, 0.4) is 0 Å². The second-order valence-electron chi connectivity index (χ2n) is 6.93. The fourth-order valence-corrected chi connectivity index (χ4v) is 3.44. The normalized spacial score (nSPS) is 18.4. The lowest BCUT2D eigenvalue weighted by Gasteiger charge is -2.30. The molecule has 1 aliphatic heterocycles. The van der Waals surface area contributed by atoms with E-state index in [1.807, 2.05) is 36.0 Å². The van der Waals surface area contributed by atoms with Crippen LogP contribution < -0.4 is 5.32 Å². The lowest BCUT2D eigenvalue weighted by Crippen LogP contribution is -2.40. The number of H-pyrrole nitrogens is 1. The molecule has 1 aliphatic rings. The van der Waals surface area contributed by atoms with Crippen LogP contribution in [0.15, 0.2) is 48.7 Å². The zero-order valence-electron chi connectivity index (χ0n) is 16.1. The summed E-state index contributed by atoms with van der Waals surface area (Å²) in [5.41, 5.74) is 1.60. The van der Waals surface area contributed by atoms with Gasteiger partial charge in [-0.1, -0.05) is 48.9 Å². The van der Waals surface area contributed by atoms with Crippen LogP contribution in [0.2, 0.25) is 0 Å². The molecule has 0 bridgehead atoms. The average molecular weight is 376 g/mol. The van der Waals surface area contributed by atoms with Crippen LogP contribution in [0.5, 0.6) is 0 Å². The van der Waals surface area contributed by atoms with E-state index in [1.54, 1.807) is 0 Å². The molecule has 1 aromatic carbocycles. The van der Waals surface area contributed by atoms with Gasteiger partial charge in [-0.3, -0.25) is 0 Å². The standard InChI is InChI=1S/C20H24N8/c1-3-4-13-28-18(22-15(2)25-28)14-16-7-9-17(10-8-16)20(11-5-6-12-21-20)19-23-26-27-24-19/h5-12,21H,3-4,13-14H2,1-2H3,(H,23,24,26,27). The number of aryl methyl sites for hydroxylation is 2. The molecule has 0 amide bonds. The van der Waals surface area contributed by atoms with Gasteiger partial charge in [0.2, 0.25) is 5.82 Å². The number of aromatic amines is 1. The van der Waals surface area contributed by atoms with Crippen LogP contribution in [0.1, 0.15) is 48.4 Å². The van der Waals surface area contributed by atoms with Crippen molar-refractivity contribution in [1.82, 2.24) is 40.7 Å². The zero-order chi connectivity index (χ0) is 19.4. The summed E-state index contributed by atoms with van der Waals surface area (Å²) >= 11 is 0. The molecule has 1 atom stereocenters. The molecule has 8 nitrogen and oxygen atoms in total. The van der Waals surface area contributed by atoms with Gasteiger partial charge in [-0.2, -0.15) is 10.3 Å². The highest BCUT2D eigenvalue weighted by atomic mass is 15.5. The van der Waals surface area contributed by atoms with Crippen LogP contribution in [0.4, 0.5) is 0 Å². The van der Waals surface area contributed by atoms with Crippen LogP contribution in [0, 0.1) is 6.92 Å². The highest BCUT2D eigenvalue weighted by Gasteiger charge is 2.35. The van der Waals surface area contributed by atoms with E-state index in [-0.39, 0.29) is 0 Å². The Labute approximate surface area is 163 Å². The number of benzene rings is 1. The average Bonchev–Trinajstić information content (AvgIpc) is 3.38. The predicted octanol–water partition coefficient (Wildman–Crippen LogP) is 2.41. The van der Waals surface area contributed by atoms with Crippen molar-refractivity contribution < 1.29 is 0 Å². The number of nitrogens with one attached hydrogen (secondary N) is 2. The number of dihydropyridines is 1. The zero-order valence-corrected chi connectivity index (χ0v) is 16.1. The maximum absolute atomic E-state index is 4.61. The van der Waals surface area contributed by atoms with Gasteiger partial charge in [0, 0.05) is 13.0 Å². The molecule has 2 aromatic heterocycles. The Balaban J connectivity index is 1.59. The first-order chi connectivity index (χ1) is 13.7. The maximum Gasteiger partial charge on any atom is 0.208 e. The first-order valence-corrected chi connectivity index (χ1v) is 9.57. The molecule has 0 radical (unpaired) electrons. The first-order valence-electron chi connectivity index (χ1n) is 9.57. The van der Waals surface area contributed by atoms with Crippen LogP contribution in [0.25, 0.3) is 0 Å². The summed E-state index contributed by atoms with van der Waals surface area (Å²) in [6.45, 7) is 5.04. The van der Waals surface area contributed by atoms with Gasteiger partial charge in [0.15, 0.2) is 0 Å². The molecule has 4 rings (SSSR count). The summed E-state index contributed by atoms with van der Waals surface area (Å²) < 4.78 is 2.03. The Morgan fingerprint density at radius 1 is 1.14 bits per heavy atom. The third kappa shape index (κ3) is 3.45. The van der Waals surface area contributed by atoms with Crippen molar-refractivity contribution in [2.24, 2.45) is 0 Å². The summed E-state index contributed by atoms with van der Waals surface area (Å²) in [6, 6.07) is 8.45. The van der Waals surface area contributed by atoms with E-state index in [9.17, 15) is 0 Å². The Morgan fingerprint density at radius 2 is 2.00 bits per heavy atom. The van der Waals surface area contributed by atoms with E-state index in [1.165, 1.54) is 5.56 Å². The molecule has 0 spiro atoms. The van der Waals surface area contributed by atoms with E-state index in [0.717, 1.165) is 43.0 Å². The predicted molar refractivity (Wildman–Crippen MR) is 105 cm³/mol. The number of hydrogen-bond donors (Lipinski definition) is 2. The Hall–Kier alpha value is -3.29. The first kappa shape index (κ1) is 18.1. The highest BCUT2D eigenvalue weighted by molar-refractivity contribution is 5.42. The molecular formula is C20H24N8. The molecule has 8 heteroatoms. The number of hydrogen-bond acceptors (Lipinski definition) is 6. The SMILES string of the molecule is CCCCn1nc(C)nc1Cc1ccc(C2(c3nn[nH]n3)C=CC=CN2)cc1. The van der Waals surface area contributed by atoms with Crippen LogP contribution in [-0.2, 0) is 18.5 Å². The summed E-state index contributed by atoms with van der Waals surface area (Å²) in [5, 5.41) is 22.6. The van der Waals surface area contributed by atoms with Crippen molar-refractivity contribution in [1.29, 1.82) is 0 Å². The number of nitrogens with zero attached hydrogens (tertiary/aromatic N) is 6. The number of aromatic nitrogens is 7.